The molecule has 2 aromatic carbocycles. The molecule has 5 heteroatoms. The predicted octanol–water partition coefficient (Wildman–Crippen LogP) is 3.81. The number of hydrogen-bond acceptors (Lipinski definition) is 3. The fourth-order valence-corrected chi connectivity index (χ4v) is 4.86. The molecular formula is C20H18N2O2S. The van der Waals surface area contributed by atoms with Crippen LogP contribution in [0.4, 0.5) is 5.69 Å². The van der Waals surface area contributed by atoms with Crippen LogP contribution < -0.4 is 4.31 Å². The lowest BCUT2D eigenvalue weighted by Gasteiger charge is -2.20. The van der Waals surface area contributed by atoms with Crippen molar-refractivity contribution in [1.29, 1.82) is 0 Å². The first-order chi connectivity index (χ1) is 12.1. The summed E-state index contributed by atoms with van der Waals surface area (Å²) in [7, 11) is -3.53. The van der Waals surface area contributed by atoms with Gasteiger partial charge in [0.25, 0.3) is 10.0 Å². The first kappa shape index (κ1) is 15.8. The van der Waals surface area contributed by atoms with E-state index in [0.717, 1.165) is 34.4 Å². The maximum atomic E-state index is 13.0. The molecule has 25 heavy (non-hydrogen) atoms. The van der Waals surface area contributed by atoms with E-state index in [1.807, 2.05) is 37.3 Å². The number of aromatic nitrogens is 1. The SMILES string of the molecule is Cc1cccc(S(=O)(=O)N2CCc3cc(-c4ccncc4)ccc32)c1. The molecule has 2 heterocycles. The van der Waals surface area contributed by atoms with Crippen molar-refractivity contribution in [2.75, 3.05) is 10.8 Å². The topological polar surface area (TPSA) is 50.3 Å². The molecule has 0 aliphatic carbocycles. The second-order valence-corrected chi connectivity index (χ2v) is 8.09. The summed E-state index contributed by atoms with van der Waals surface area (Å²) in [5.41, 5.74) is 4.94. The standard InChI is InChI=1S/C20H18N2O2S/c1-15-3-2-4-19(13-15)25(23,24)22-12-9-18-14-17(5-6-20(18)22)16-7-10-21-11-8-16/h2-8,10-11,13-14H,9,12H2,1H3. The highest BCUT2D eigenvalue weighted by molar-refractivity contribution is 7.92. The van der Waals surface area contributed by atoms with Gasteiger partial charge in [0.15, 0.2) is 0 Å². The molecule has 0 amide bonds. The predicted molar refractivity (Wildman–Crippen MR) is 99.1 cm³/mol. The summed E-state index contributed by atoms with van der Waals surface area (Å²) < 4.78 is 27.6. The van der Waals surface area contributed by atoms with Gasteiger partial charge in [-0.2, -0.15) is 0 Å². The maximum Gasteiger partial charge on any atom is 0.264 e. The molecule has 1 aliphatic heterocycles. The number of hydrogen-bond donors (Lipinski definition) is 0. The number of aryl methyl sites for hydroxylation is 1. The van der Waals surface area contributed by atoms with E-state index < -0.39 is 10.0 Å². The van der Waals surface area contributed by atoms with Gasteiger partial charge >= 0.3 is 0 Å². The highest BCUT2D eigenvalue weighted by Crippen LogP contribution is 2.35. The van der Waals surface area contributed by atoms with Gasteiger partial charge in [-0.05, 0) is 72.0 Å². The molecule has 126 valence electrons. The average molecular weight is 350 g/mol. The van der Waals surface area contributed by atoms with Crippen molar-refractivity contribution in [3.05, 3.63) is 78.1 Å². The van der Waals surface area contributed by atoms with Crippen LogP contribution in [0.3, 0.4) is 0 Å². The minimum absolute atomic E-state index is 0.346. The summed E-state index contributed by atoms with van der Waals surface area (Å²) in [6.45, 7) is 2.38. The Labute approximate surface area is 147 Å². The van der Waals surface area contributed by atoms with Gasteiger partial charge in [-0.1, -0.05) is 18.2 Å². The van der Waals surface area contributed by atoms with Crippen LogP contribution in [-0.4, -0.2) is 19.9 Å². The smallest absolute Gasteiger partial charge is 0.264 e. The summed E-state index contributed by atoms with van der Waals surface area (Å²) in [6.07, 6.45) is 4.24. The molecule has 4 rings (SSSR count). The van der Waals surface area contributed by atoms with E-state index in [9.17, 15) is 8.42 Å². The van der Waals surface area contributed by atoms with E-state index in [-0.39, 0.29) is 0 Å². The van der Waals surface area contributed by atoms with Crippen LogP contribution in [0.5, 0.6) is 0 Å². The van der Waals surface area contributed by atoms with Gasteiger partial charge in [0.2, 0.25) is 0 Å². The zero-order valence-corrected chi connectivity index (χ0v) is 14.7. The van der Waals surface area contributed by atoms with Gasteiger partial charge in [-0.3, -0.25) is 9.29 Å². The third kappa shape index (κ3) is 2.81. The third-order valence-corrected chi connectivity index (χ3v) is 6.33. The van der Waals surface area contributed by atoms with Crippen LogP contribution in [-0.2, 0) is 16.4 Å². The molecule has 0 fully saturated rings. The Bertz CT molecular complexity index is 1030. The molecule has 0 unspecified atom stereocenters. The highest BCUT2D eigenvalue weighted by atomic mass is 32.2. The van der Waals surface area contributed by atoms with E-state index in [0.29, 0.717) is 11.4 Å². The lowest BCUT2D eigenvalue weighted by Crippen LogP contribution is -2.29. The van der Waals surface area contributed by atoms with Gasteiger partial charge < -0.3 is 0 Å². The lowest BCUT2D eigenvalue weighted by molar-refractivity contribution is 0.592. The van der Waals surface area contributed by atoms with E-state index >= 15 is 0 Å². The molecule has 1 aromatic heterocycles. The first-order valence-corrected chi connectivity index (χ1v) is 9.62. The Hall–Kier alpha value is -2.66. The molecule has 0 saturated carbocycles. The largest absolute Gasteiger partial charge is 0.266 e. The molecular weight excluding hydrogens is 332 g/mol. The van der Waals surface area contributed by atoms with Crippen LogP contribution in [0.2, 0.25) is 0 Å². The molecule has 0 N–H and O–H groups in total. The van der Waals surface area contributed by atoms with Crippen LogP contribution in [0.15, 0.2) is 71.9 Å². The fourth-order valence-electron chi connectivity index (χ4n) is 3.25. The Kier molecular flexibility index (Phi) is 3.81. The van der Waals surface area contributed by atoms with Gasteiger partial charge in [0.1, 0.15) is 0 Å². The van der Waals surface area contributed by atoms with E-state index in [1.165, 1.54) is 4.31 Å². The van der Waals surface area contributed by atoms with Crippen molar-refractivity contribution in [2.24, 2.45) is 0 Å². The van der Waals surface area contributed by atoms with Crippen molar-refractivity contribution >= 4 is 15.7 Å². The molecule has 0 atom stereocenters. The monoisotopic (exact) mass is 350 g/mol. The average Bonchev–Trinajstić information content (AvgIpc) is 3.06. The zero-order valence-electron chi connectivity index (χ0n) is 13.9. The lowest BCUT2D eigenvalue weighted by atomic mass is 10.0. The van der Waals surface area contributed by atoms with Crippen molar-refractivity contribution in [3.63, 3.8) is 0 Å². The minimum Gasteiger partial charge on any atom is -0.266 e. The summed E-state index contributed by atoms with van der Waals surface area (Å²) in [5.74, 6) is 0. The Morgan fingerprint density at radius 2 is 1.76 bits per heavy atom. The van der Waals surface area contributed by atoms with Gasteiger partial charge in [-0.15, -0.1) is 0 Å². The number of nitrogens with zero attached hydrogens (tertiary/aromatic N) is 2. The number of pyridine rings is 1. The summed E-state index contributed by atoms with van der Waals surface area (Å²) in [4.78, 5) is 4.39. The van der Waals surface area contributed by atoms with Gasteiger partial charge in [0.05, 0.1) is 10.6 Å². The summed E-state index contributed by atoms with van der Waals surface area (Å²) >= 11 is 0. The van der Waals surface area contributed by atoms with Crippen LogP contribution in [0.1, 0.15) is 11.1 Å². The number of rotatable bonds is 3. The summed E-state index contributed by atoms with van der Waals surface area (Å²) in [6, 6.07) is 16.9. The van der Waals surface area contributed by atoms with Crippen LogP contribution >= 0.6 is 0 Å². The molecule has 0 radical (unpaired) electrons. The highest BCUT2D eigenvalue weighted by Gasteiger charge is 2.31. The third-order valence-electron chi connectivity index (χ3n) is 4.52. The fraction of sp³-hybridized carbons (Fsp3) is 0.150. The first-order valence-electron chi connectivity index (χ1n) is 8.18. The maximum absolute atomic E-state index is 13.0. The second kappa shape index (κ2) is 6.01. The Morgan fingerprint density at radius 3 is 2.52 bits per heavy atom. The van der Waals surface area contributed by atoms with E-state index in [2.05, 4.69) is 11.1 Å². The molecule has 0 spiro atoms. The van der Waals surface area contributed by atoms with Crippen molar-refractivity contribution in [3.8, 4) is 11.1 Å². The zero-order chi connectivity index (χ0) is 17.4. The number of fused-ring (bicyclic) bond motifs is 1. The molecule has 0 saturated heterocycles. The quantitative estimate of drug-likeness (QED) is 0.722. The number of benzene rings is 2. The van der Waals surface area contributed by atoms with Crippen LogP contribution in [0, 0.1) is 6.92 Å². The van der Waals surface area contributed by atoms with Crippen molar-refractivity contribution in [1.82, 2.24) is 4.98 Å². The van der Waals surface area contributed by atoms with Gasteiger partial charge in [0, 0.05) is 18.9 Å². The molecule has 3 aromatic rings. The van der Waals surface area contributed by atoms with Gasteiger partial charge in [-0.25, -0.2) is 8.42 Å². The normalized spacial score (nSPS) is 13.7. The van der Waals surface area contributed by atoms with Crippen LogP contribution in [0.25, 0.3) is 11.1 Å². The number of anilines is 1. The van der Waals surface area contributed by atoms with Crippen molar-refractivity contribution < 1.29 is 8.42 Å². The molecule has 1 aliphatic rings. The van der Waals surface area contributed by atoms with Crippen molar-refractivity contribution in [2.45, 2.75) is 18.2 Å². The van der Waals surface area contributed by atoms with E-state index in [1.54, 1.807) is 30.6 Å². The molecule has 4 nitrogen and oxygen atoms in total. The Morgan fingerprint density at radius 1 is 0.960 bits per heavy atom. The number of sulfonamides is 1. The van der Waals surface area contributed by atoms with E-state index in [4.69, 9.17) is 0 Å². The summed E-state index contributed by atoms with van der Waals surface area (Å²) in [5, 5.41) is 0. The Balaban J connectivity index is 1.73. The minimum atomic E-state index is -3.53. The molecule has 0 bridgehead atoms. The second-order valence-electron chi connectivity index (χ2n) is 6.22.